The lowest BCUT2D eigenvalue weighted by atomic mass is 10.0. The zero-order chi connectivity index (χ0) is 25.2. The highest BCUT2D eigenvalue weighted by Crippen LogP contribution is 2.40. The fourth-order valence-corrected chi connectivity index (χ4v) is 4.06. The van der Waals surface area contributed by atoms with Crippen LogP contribution in [0.1, 0.15) is 38.7 Å². The lowest BCUT2D eigenvalue weighted by Gasteiger charge is -2.27. The Balaban J connectivity index is 1.76. The summed E-state index contributed by atoms with van der Waals surface area (Å²) in [6.45, 7) is 8.66. The molecule has 0 aliphatic heterocycles. The van der Waals surface area contributed by atoms with E-state index in [-0.39, 0.29) is 23.8 Å². The van der Waals surface area contributed by atoms with E-state index < -0.39 is 0 Å². The highest BCUT2D eigenvalue weighted by molar-refractivity contribution is 5.99. The number of benzene rings is 2. The molecule has 2 N–H and O–H groups in total. The van der Waals surface area contributed by atoms with Gasteiger partial charge < -0.3 is 10.6 Å². The van der Waals surface area contributed by atoms with Gasteiger partial charge in [0.05, 0.1) is 6.33 Å². The lowest BCUT2D eigenvalue weighted by molar-refractivity contribution is -0.120. The molecule has 2 aromatic carbocycles. The van der Waals surface area contributed by atoms with E-state index in [4.69, 9.17) is 5.73 Å². The highest BCUT2D eigenvalue weighted by Gasteiger charge is 2.44. The summed E-state index contributed by atoms with van der Waals surface area (Å²) >= 11 is 0. The van der Waals surface area contributed by atoms with Crippen LogP contribution in [0.15, 0.2) is 90.4 Å². The van der Waals surface area contributed by atoms with Crippen molar-refractivity contribution in [3.8, 4) is 11.1 Å². The first-order valence-corrected chi connectivity index (χ1v) is 12.4. The number of halogens is 1. The number of nitrogens with two attached hydrogens (primary N) is 1. The van der Waals surface area contributed by atoms with Crippen molar-refractivity contribution in [1.29, 1.82) is 0 Å². The van der Waals surface area contributed by atoms with Crippen molar-refractivity contribution >= 4 is 17.8 Å². The van der Waals surface area contributed by atoms with Crippen LogP contribution in [0.25, 0.3) is 11.1 Å². The van der Waals surface area contributed by atoms with Crippen molar-refractivity contribution < 1.29 is 9.18 Å². The monoisotopic (exact) mass is 473 g/mol. The Morgan fingerprint density at radius 2 is 1.80 bits per heavy atom. The second kappa shape index (κ2) is 13.0. The van der Waals surface area contributed by atoms with Crippen molar-refractivity contribution in [2.75, 3.05) is 11.4 Å². The third-order valence-electron chi connectivity index (χ3n) is 6.42. The first-order valence-electron chi connectivity index (χ1n) is 12.4. The predicted molar refractivity (Wildman–Crippen MR) is 145 cm³/mol. The van der Waals surface area contributed by atoms with Gasteiger partial charge in [-0.05, 0) is 60.2 Å². The summed E-state index contributed by atoms with van der Waals surface area (Å²) in [5, 5.41) is 0. The van der Waals surface area contributed by atoms with E-state index in [1.54, 1.807) is 11.1 Å². The largest absolute Gasteiger partial charge is 0.323 e. The predicted octanol–water partition coefficient (Wildman–Crippen LogP) is 6.64. The second-order valence-electron chi connectivity index (χ2n) is 9.03. The van der Waals surface area contributed by atoms with Gasteiger partial charge in [0, 0.05) is 42.5 Å². The Labute approximate surface area is 208 Å². The first-order chi connectivity index (χ1) is 17.0. The maximum Gasteiger partial charge on any atom is 0.230 e. The third kappa shape index (κ3) is 7.33. The molecule has 1 amide bonds. The van der Waals surface area contributed by atoms with E-state index in [1.165, 1.54) is 23.9 Å². The number of nitrogens with zero attached hydrogens (tertiary/aromatic N) is 2. The molecule has 0 saturated heterocycles. The summed E-state index contributed by atoms with van der Waals surface area (Å²) < 4.78 is 12.0. The van der Waals surface area contributed by atoms with Gasteiger partial charge in [-0.3, -0.25) is 9.79 Å². The molecule has 35 heavy (non-hydrogen) atoms. The quantitative estimate of drug-likeness (QED) is 0.213. The van der Waals surface area contributed by atoms with E-state index in [0.717, 1.165) is 48.1 Å². The van der Waals surface area contributed by atoms with Crippen LogP contribution in [0, 0.1) is 11.8 Å². The van der Waals surface area contributed by atoms with Gasteiger partial charge in [0.25, 0.3) is 0 Å². The van der Waals surface area contributed by atoms with Gasteiger partial charge in [-0.1, -0.05) is 68.8 Å². The van der Waals surface area contributed by atoms with E-state index in [0.29, 0.717) is 12.9 Å². The number of anilines is 1. The Morgan fingerprint density at radius 3 is 2.40 bits per heavy atom. The van der Waals surface area contributed by atoms with Crippen LogP contribution in [0.4, 0.5) is 10.1 Å². The summed E-state index contributed by atoms with van der Waals surface area (Å²) in [6.07, 6.45) is 10.2. The number of rotatable bonds is 12. The van der Waals surface area contributed by atoms with Gasteiger partial charge >= 0.3 is 0 Å². The van der Waals surface area contributed by atoms with Crippen LogP contribution in [0.2, 0.25) is 0 Å². The standard InChI is InChI=1S/C30H36FN3O/c1-4-8-23-9-11-24(12-10-23)25-13-15-27(16-14-25)34(21-29(32)22(3)5-2)30(35)28-19-26(28)20-33-18-7-6-17-31/h6-7,9-18,20,26,28-29H,3-5,8,19,21,32H2,1-2H3/b17-6+,18-7-,33-20?/t26-,28?,29+/m0/s1. The number of aliphatic imine (C=N–C) groups is 1. The van der Waals surface area contributed by atoms with E-state index in [1.807, 2.05) is 19.1 Å². The molecule has 2 aromatic rings. The zero-order valence-electron chi connectivity index (χ0n) is 20.7. The summed E-state index contributed by atoms with van der Waals surface area (Å²) in [5.41, 5.74) is 11.7. The number of hydrogen-bond donors (Lipinski definition) is 1. The second-order valence-corrected chi connectivity index (χ2v) is 9.03. The molecule has 1 fully saturated rings. The zero-order valence-corrected chi connectivity index (χ0v) is 20.7. The van der Waals surface area contributed by atoms with Gasteiger partial charge in [0.15, 0.2) is 0 Å². The Kier molecular flexibility index (Phi) is 9.74. The summed E-state index contributed by atoms with van der Waals surface area (Å²) in [5.74, 6) is -0.00244. The van der Waals surface area contributed by atoms with Gasteiger partial charge in [-0.2, -0.15) is 0 Å². The molecule has 0 radical (unpaired) electrons. The molecule has 0 heterocycles. The smallest absolute Gasteiger partial charge is 0.230 e. The van der Waals surface area contributed by atoms with E-state index in [2.05, 4.69) is 54.9 Å². The topological polar surface area (TPSA) is 58.7 Å². The van der Waals surface area contributed by atoms with Gasteiger partial charge in [0.1, 0.15) is 0 Å². The van der Waals surface area contributed by atoms with Crippen LogP contribution < -0.4 is 10.6 Å². The number of hydrogen-bond acceptors (Lipinski definition) is 3. The van der Waals surface area contributed by atoms with Gasteiger partial charge in [-0.25, -0.2) is 4.39 Å². The molecule has 184 valence electrons. The minimum Gasteiger partial charge on any atom is -0.323 e. The van der Waals surface area contributed by atoms with Crippen molar-refractivity contribution in [2.45, 2.75) is 45.6 Å². The molecular weight excluding hydrogens is 437 g/mol. The van der Waals surface area contributed by atoms with Crippen LogP contribution in [-0.2, 0) is 11.2 Å². The maximum atomic E-state index is 13.5. The Bertz CT molecular complexity index is 1070. The van der Waals surface area contributed by atoms with Crippen molar-refractivity contribution in [3.63, 3.8) is 0 Å². The molecule has 3 rings (SSSR count). The summed E-state index contributed by atoms with van der Waals surface area (Å²) in [6, 6.07) is 16.4. The molecule has 1 aliphatic rings. The molecule has 0 spiro atoms. The van der Waals surface area contributed by atoms with Crippen LogP contribution in [0.5, 0.6) is 0 Å². The Morgan fingerprint density at radius 1 is 1.14 bits per heavy atom. The number of allylic oxidation sites excluding steroid dienone is 2. The molecule has 1 aliphatic carbocycles. The number of carbonyl (C=O) groups excluding carboxylic acids is 1. The van der Waals surface area contributed by atoms with Crippen molar-refractivity contribution in [2.24, 2.45) is 22.6 Å². The van der Waals surface area contributed by atoms with Crippen molar-refractivity contribution in [3.05, 3.63) is 90.9 Å². The average Bonchev–Trinajstić information content (AvgIpc) is 3.66. The number of aryl methyl sites for hydroxylation is 1. The first kappa shape index (κ1) is 26.3. The molecule has 0 aromatic heterocycles. The summed E-state index contributed by atoms with van der Waals surface area (Å²) in [7, 11) is 0. The number of carbonyl (C=O) groups is 1. The van der Waals surface area contributed by atoms with Gasteiger partial charge in [0.2, 0.25) is 5.91 Å². The fraction of sp³-hybridized carbons (Fsp3) is 0.333. The normalized spacial score (nSPS) is 18.4. The van der Waals surface area contributed by atoms with Crippen LogP contribution in [-0.4, -0.2) is 24.7 Å². The van der Waals surface area contributed by atoms with Crippen LogP contribution in [0.3, 0.4) is 0 Å². The van der Waals surface area contributed by atoms with Crippen molar-refractivity contribution in [1.82, 2.24) is 0 Å². The van der Waals surface area contributed by atoms with Crippen LogP contribution >= 0.6 is 0 Å². The molecule has 3 atom stereocenters. The van der Waals surface area contributed by atoms with E-state index in [9.17, 15) is 9.18 Å². The molecule has 5 heteroatoms. The molecule has 4 nitrogen and oxygen atoms in total. The minimum absolute atomic E-state index is 0.0464. The molecule has 0 bridgehead atoms. The summed E-state index contributed by atoms with van der Waals surface area (Å²) in [4.78, 5) is 19.4. The minimum atomic E-state index is -0.295. The average molecular weight is 474 g/mol. The number of amides is 1. The third-order valence-corrected chi connectivity index (χ3v) is 6.42. The highest BCUT2D eigenvalue weighted by atomic mass is 19.1. The lowest BCUT2D eigenvalue weighted by Crippen LogP contribution is -2.43. The molecular formula is C30H36FN3O. The van der Waals surface area contributed by atoms with Gasteiger partial charge in [-0.15, -0.1) is 0 Å². The molecule has 1 saturated carbocycles. The molecule has 1 unspecified atom stereocenters. The SMILES string of the molecule is C=C(CC)[C@H](N)CN(C(=O)C1C[C@H]1C=N/C=C\C=C\F)c1ccc(-c2ccc(CCC)cc2)cc1. The maximum absolute atomic E-state index is 13.5. The Hall–Kier alpha value is -3.31. The van der Waals surface area contributed by atoms with E-state index >= 15 is 0 Å². The fourth-order valence-electron chi connectivity index (χ4n) is 4.06.